The van der Waals surface area contributed by atoms with Crippen LogP contribution in [0.3, 0.4) is 0 Å². The fourth-order valence-electron chi connectivity index (χ4n) is 2.37. The Hall–Kier alpha value is -1.37. The third-order valence-corrected chi connectivity index (χ3v) is 4.94. The van der Waals surface area contributed by atoms with Gasteiger partial charge in [0.15, 0.2) is 0 Å². The van der Waals surface area contributed by atoms with Crippen molar-refractivity contribution >= 4 is 33.1 Å². The molecule has 1 unspecified atom stereocenters. The van der Waals surface area contributed by atoms with E-state index in [1.165, 1.54) is 0 Å². The molecule has 0 aromatic heterocycles. The number of carboxylic acid groups (broad SMARTS) is 3. The number of hydrogen-bond donors (Lipinski definition) is 7. The minimum atomic E-state index is -4.69. The van der Waals surface area contributed by atoms with Gasteiger partial charge in [0.05, 0.1) is 6.42 Å². The molecule has 1 atom stereocenters. The zero-order chi connectivity index (χ0) is 22.1. The van der Waals surface area contributed by atoms with Gasteiger partial charge in [-0.2, -0.15) is 0 Å². The zero-order valence-corrected chi connectivity index (χ0v) is 16.5. The lowest BCUT2D eigenvalue weighted by Crippen LogP contribution is -2.47. The van der Waals surface area contributed by atoms with Crippen LogP contribution in [0.5, 0.6) is 0 Å². The molecule has 0 fully saturated rings. The molecule has 28 heavy (non-hydrogen) atoms. The maximum absolute atomic E-state index is 11.4. The fraction of sp³-hybridized carbons (Fsp3) is 0.750. The molecule has 16 heteroatoms. The number of aliphatic carboxylic acids is 3. The number of carboxylic acids is 3. The molecule has 14 nitrogen and oxygen atoms in total. The Morgan fingerprint density at radius 1 is 0.786 bits per heavy atom. The lowest BCUT2D eigenvalue weighted by atomic mass is 10.1. The van der Waals surface area contributed by atoms with Crippen molar-refractivity contribution in [2.75, 3.05) is 32.2 Å². The van der Waals surface area contributed by atoms with Gasteiger partial charge in [-0.05, 0) is 13.0 Å². The maximum Gasteiger partial charge on any atom is 0.339 e. The summed E-state index contributed by atoms with van der Waals surface area (Å²) >= 11 is 0. The summed E-state index contributed by atoms with van der Waals surface area (Å²) in [6.45, 7) is -0.868. The molecule has 0 aromatic rings. The number of nitrogens with zero attached hydrogens (tertiary/aromatic N) is 2. The van der Waals surface area contributed by atoms with Gasteiger partial charge in [0.1, 0.15) is 18.6 Å². The quantitative estimate of drug-likeness (QED) is 0.143. The molecule has 0 aliphatic rings. The van der Waals surface area contributed by atoms with Gasteiger partial charge in [-0.1, -0.05) is 0 Å². The number of hydrogen-bond acceptors (Lipinski definition) is 7. The summed E-state index contributed by atoms with van der Waals surface area (Å²) in [5.74, 6) is -4.10. The summed E-state index contributed by atoms with van der Waals surface area (Å²) in [6, 6.07) is -1.56. The van der Waals surface area contributed by atoms with E-state index >= 15 is 0 Å². The predicted octanol–water partition coefficient (Wildman–Crippen LogP) is -1.35. The van der Waals surface area contributed by atoms with Crippen LogP contribution in [0.15, 0.2) is 0 Å². The molecule has 0 amide bonds. The molecule has 0 bridgehead atoms. The summed E-state index contributed by atoms with van der Waals surface area (Å²) in [5.41, 5.74) is 0. The first-order valence-corrected chi connectivity index (χ1v) is 11.4. The minimum absolute atomic E-state index is 0.0320. The van der Waals surface area contributed by atoms with Crippen LogP contribution >= 0.6 is 15.2 Å². The van der Waals surface area contributed by atoms with Crippen molar-refractivity contribution in [1.82, 2.24) is 9.80 Å². The van der Waals surface area contributed by atoms with E-state index in [1.54, 1.807) is 0 Å². The maximum atomic E-state index is 11.4. The molecule has 164 valence electrons. The summed E-state index contributed by atoms with van der Waals surface area (Å²) in [7, 11) is -9.38. The van der Waals surface area contributed by atoms with Crippen LogP contribution in [0, 0.1) is 0 Å². The average molecular weight is 450 g/mol. The highest BCUT2D eigenvalue weighted by Crippen LogP contribution is 2.40. The van der Waals surface area contributed by atoms with Gasteiger partial charge in [0.2, 0.25) is 0 Å². The Kier molecular flexibility index (Phi) is 11.0. The Balaban J connectivity index is 5.34. The molecule has 0 saturated carbocycles. The van der Waals surface area contributed by atoms with Gasteiger partial charge in [0.25, 0.3) is 0 Å². The minimum Gasteiger partial charge on any atom is -0.481 e. The van der Waals surface area contributed by atoms with Crippen LogP contribution in [0.1, 0.15) is 19.3 Å². The smallest absolute Gasteiger partial charge is 0.339 e. The molecule has 0 spiro atoms. The topological polar surface area (TPSA) is 233 Å². The fourth-order valence-corrected chi connectivity index (χ4v) is 4.05. The monoisotopic (exact) mass is 450 g/mol. The van der Waals surface area contributed by atoms with Gasteiger partial charge in [0, 0.05) is 19.5 Å². The number of rotatable bonds is 15. The summed E-state index contributed by atoms with van der Waals surface area (Å²) < 4.78 is 22.3. The molecule has 0 rings (SSSR count). The van der Waals surface area contributed by atoms with Crippen LogP contribution in [0.25, 0.3) is 0 Å². The van der Waals surface area contributed by atoms with Crippen molar-refractivity contribution in [3.05, 3.63) is 0 Å². The van der Waals surface area contributed by atoms with Crippen LogP contribution < -0.4 is 0 Å². The second-order valence-corrected chi connectivity index (χ2v) is 9.22. The van der Waals surface area contributed by atoms with Gasteiger partial charge in [-0.25, -0.2) is 0 Å². The van der Waals surface area contributed by atoms with Gasteiger partial charge in [-0.15, -0.1) is 0 Å². The summed E-state index contributed by atoms with van der Waals surface area (Å²) in [6.07, 6.45) is -3.19. The van der Waals surface area contributed by atoms with Crippen LogP contribution in [-0.4, -0.2) is 101 Å². The summed E-state index contributed by atoms with van der Waals surface area (Å²) in [5, 5.41) is 26.8. The van der Waals surface area contributed by atoms with E-state index in [0.717, 1.165) is 9.80 Å². The van der Waals surface area contributed by atoms with Crippen molar-refractivity contribution in [1.29, 1.82) is 0 Å². The highest BCUT2D eigenvalue weighted by molar-refractivity contribution is 7.52. The lowest BCUT2D eigenvalue weighted by molar-refractivity contribution is -0.150. The Morgan fingerprint density at radius 2 is 1.29 bits per heavy atom. The van der Waals surface area contributed by atoms with Crippen molar-refractivity contribution in [2.24, 2.45) is 0 Å². The molecule has 0 aromatic carbocycles. The van der Waals surface area contributed by atoms with Crippen molar-refractivity contribution in [2.45, 2.75) is 25.3 Å². The molecular formula is C12H24N2O12P2. The first-order chi connectivity index (χ1) is 12.6. The van der Waals surface area contributed by atoms with E-state index in [0.29, 0.717) is 0 Å². The molecule has 0 radical (unpaired) electrons. The second kappa shape index (κ2) is 11.6. The van der Waals surface area contributed by atoms with E-state index in [2.05, 4.69) is 0 Å². The van der Waals surface area contributed by atoms with Crippen LogP contribution in [-0.2, 0) is 23.5 Å². The predicted molar refractivity (Wildman–Crippen MR) is 92.6 cm³/mol. The van der Waals surface area contributed by atoms with Crippen LogP contribution in [0.4, 0.5) is 0 Å². The van der Waals surface area contributed by atoms with E-state index in [-0.39, 0.29) is 25.9 Å². The van der Waals surface area contributed by atoms with Crippen molar-refractivity contribution < 1.29 is 58.4 Å². The van der Waals surface area contributed by atoms with E-state index < -0.39 is 64.7 Å². The average Bonchev–Trinajstić information content (AvgIpc) is 2.44. The van der Waals surface area contributed by atoms with Crippen molar-refractivity contribution in [3.8, 4) is 0 Å². The van der Waals surface area contributed by atoms with Gasteiger partial charge < -0.3 is 34.9 Å². The number of carbonyl (C=O) groups is 3. The molecule has 0 heterocycles. The van der Waals surface area contributed by atoms with Crippen molar-refractivity contribution in [3.63, 3.8) is 0 Å². The Labute approximate surface area is 159 Å². The standard InChI is InChI=1S/C12H24N2O12P2/c15-10(16)2-1-3-14(9(12(19)20)6-11(17)18)5-4-13(7-27(21,22)23)8-28(24,25)26/h9H,1-8H2,(H,15,16)(H,17,18)(H,19,20)(H2,21,22,23)(H2,24,25,26). The normalized spacial score (nSPS) is 13.6. The zero-order valence-electron chi connectivity index (χ0n) is 14.7. The van der Waals surface area contributed by atoms with Crippen LogP contribution in [0.2, 0.25) is 0 Å². The highest BCUT2D eigenvalue weighted by Gasteiger charge is 2.30. The van der Waals surface area contributed by atoms with E-state index in [4.69, 9.17) is 29.8 Å². The largest absolute Gasteiger partial charge is 0.481 e. The third-order valence-electron chi connectivity index (χ3n) is 3.40. The van der Waals surface area contributed by atoms with E-state index in [1.807, 2.05) is 0 Å². The Morgan fingerprint density at radius 3 is 1.64 bits per heavy atom. The second-order valence-electron chi connectivity index (χ2n) is 5.99. The highest BCUT2D eigenvalue weighted by atomic mass is 31.2. The first-order valence-electron chi connectivity index (χ1n) is 7.82. The van der Waals surface area contributed by atoms with Gasteiger partial charge in [-0.3, -0.25) is 33.3 Å². The Bertz CT molecular complexity index is 621. The SMILES string of the molecule is O=C(O)CCCN(CCN(CP(=O)(O)O)CP(=O)(O)O)C(CC(=O)O)C(=O)O. The lowest BCUT2D eigenvalue weighted by Gasteiger charge is -2.31. The molecule has 0 saturated heterocycles. The first kappa shape index (κ1) is 26.6. The van der Waals surface area contributed by atoms with E-state index in [9.17, 15) is 28.6 Å². The molecule has 7 N–H and O–H groups in total. The molecular weight excluding hydrogens is 426 g/mol. The summed E-state index contributed by atoms with van der Waals surface area (Å²) in [4.78, 5) is 70.9. The van der Waals surface area contributed by atoms with Gasteiger partial charge >= 0.3 is 33.1 Å². The third kappa shape index (κ3) is 13.7. The molecule has 0 aliphatic carbocycles. The molecule has 0 aliphatic heterocycles.